The Hall–Kier alpha value is -0.700. The summed E-state index contributed by atoms with van der Waals surface area (Å²) in [6, 6.07) is 3.11. The average molecular weight is 339 g/mol. The minimum atomic E-state index is -3.61. The number of carbonyl (C=O) groups is 1. The number of carbonyl (C=O) groups excluding carboxylic acids is 1. The van der Waals surface area contributed by atoms with Crippen molar-refractivity contribution in [2.75, 3.05) is 13.1 Å². The molecule has 0 saturated carbocycles. The van der Waals surface area contributed by atoms with Crippen molar-refractivity contribution >= 4 is 43.2 Å². The molecule has 0 bridgehead atoms. The zero-order valence-corrected chi connectivity index (χ0v) is 12.0. The van der Waals surface area contributed by atoms with Crippen molar-refractivity contribution < 1.29 is 13.2 Å². The lowest BCUT2D eigenvalue weighted by Crippen LogP contribution is -2.36. The van der Waals surface area contributed by atoms with Gasteiger partial charge in [-0.15, -0.1) is 17.9 Å². The van der Waals surface area contributed by atoms with Gasteiger partial charge in [0.1, 0.15) is 4.21 Å². The molecule has 0 saturated heterocycles. The second kappa shape index (κ2) is 6.29. The molecule has 0 aliphatic carbocycles. The maximum Gasteiger partial charge on any atom is 0.250 e. The van der Waals surface area contributed by atoms with Gasteiger partial charge in [-0.2, -0.15) is 0 Å². The van der Waals surface area contributed by atoms with E-state index in [0.717, 1.165) is 11.3 Å². The van der Waals surface area contributed by atoms with Gasteiger partial charge in [-0.25, -0.2) is 13.1 Å². The first kappa shape index (κ1) is 14.4. The zero-order chi connectivity index (χ0) is 12.9. The smallest absolute Gasteiger partial charge is 0.250 e. The molecule has 1 amide bonds. The van der Waals surface area contributed by atoms with Crippen molar-refractivity contribution in [1.82, 2.24) is 10.0 Å². The Kier molecular flexibility index (Phi) is 5.31. The molecule has 5 nitrogen and oxygen atoms in total. The van der Waals surface area contributed by atoms with Crippen LogP contribution >= 0.6 is 27.3 Å². The molecule has 1 heterocycles. The molecule has 0 fully saturated rings. The fourth-order valence-corrected chi connectivity index (χ4v) is 3.96. The standard InChI is InChI=1S/C9H11BrN2O3S2/c1-2-5-11-8(13)6-12-17(14,15)9-4-3-7(10)16-9/h2-4,12H,1,5-6H2,(H,11,13). The molecule has 1 aromatic rings. The van der Waals surface area contributed by atoms with E-state index in [0.29, 0.717) is 10.3 Å². The minimum absolute atomic E-state index is 0.167. The Labute approximate surface area is 112 Å². The predicted molar refractivity (Wildman–Crippen MR) is 70.4 cm³/mol. The van der Waals surface area contributed by atoms with Crippen LogP contribution in [0, 0.1) is 0 Å². The Morgan fingerprint density at radius 1 is 1.53 bits per heavy atom. The van der Waals surface area contributed by atoms with Crippen molar-refractivity contribution in [3.63, 3.8) is 0 Å². The summed E-state index contributed by atoms with van der Waals surface area (Å²) in [7, 11) is -3.61. The highest BCUT2D eigenvalue weighted by Gasteiger charge is 2.17. The average Bonchev–Trinajstić information content (AvgIpc) is 2.71. The van der Waals surface area contributed by atoms with Crippen LogP contribution in [0.3, 0.4) is 0 Å². The van der Waals surface area contributed by atoms with Crippen LogP contribution in [0.2, 0.25) is 0 Å². The van der Waals surface area contributed by atoms with Crippen LogP contribution in [0.5, 0.6) is 0 Å². The van der Waals surface area contributed by atoms with Gasteiger partial charge in [-0.1, -0.05) is 6.08 Å². The number of hydrogen-bond acceptors (Lipinski definition) is 4. The van der Waals surface area contributed by atoms with Gasteiger partial charge in [0.05, 0.1) is 10.3 Å². The molecule has 1 rings (SSSR count). The van der Waals surface area contributed by atoms with E-state index in [2.05, 4.69) is 32.5 Å². The summed E-state index contributed by atoms with van der Waals surface area (Å²) in [5.41, 5.74) is 0. The van der Waals surface area contributed by atoms with E-state index in [9.17, 15) is 13.2 Å². The van der Waals surface area contributed by atoms with Crippen molar-refractivity contribution in [3.8, 4) is 0 Å². The highest BCUT2D eigenvalue weighted by molar-refractivity contribution is 9.11. The minimum Gasteiger partial charge on any atom is -0.352 e. The predicted octanol–water partition coefficient (Wildman–Crippen LogP) is 1.09. The number of nitrogens with one attached hydrogen (secondary N) is 2. The molecule has 17 heavy (non-hydrogen) atoms. The monoisotopic (exact) mass is 338 g/mol. The molecular formula is C9H11BrN2O3S2. The number of thiophene rings is 1. The van der Waals surface area contributed by atoms with E-state index in [1.807, 2.05) is 0 Å². The van der Waals surface area contributed by atoms with Gasteiger partial charge in [0.25, 0.3) is 10.0 Å². The van der Waals surface area contributed by atoms with E-state index in [4.69, 9.17) is 0 Å². The fraction of sp³-hybridized carbons (Fsp3) is 0.222. The highest BCUT2D eigenvalue weighted by atomic mass is 79.9. The lowest BCUT2D eigenvalue weighted by atomic mass is 10.5. The van der Waals surface area contributed by atoms with Gasteiger partial charge in [0, 0.05) is 6.54 Å². The number of halogens is 1. The van der Waals surface area contributed by atoms with E-state index in [1.54, 1.807) is 6.07 Å². The van der Waals surface area contributed by atoms with Crippen molar-refractivity contribution in [2.24, 2.45) is 0 Å². The maximum atomic E-state index is 11.7. The van der Waals surface area contributed by atoms with Gasteiger partial charge in [-0.05, 0) is 28.1 Å². The Balaban J connectivity index is 2.56. The molecule has 1 aromatic heterocycles. The summed E-state index contributed by atoms with van der Waals surface area (Å²) in [6.07, 6.45) is 1.52. The number of hydrogen-bond donors (Lipinski definition) is 2. The Bertz CT molecular complexity index is 510. The van der Waals surface area contributed by atoms with Crippen LogP contribution in [0.1, 0.15) is 0 Å². The van der Waals surface area contributed by atoms with Gasteiger partial charge in [0.2, 0.25) is 5.91 Å². The maximum absolute atomic E-state index is 11.7. The van der Waals surface area contributed by atoms with Crippen LogP contribution in [-0.2, 0) is 14.8 Å². The largest absolute Gasteiger partial charge is 0.352 e. The van der Waals surface area contributed by atoms with Crippen molar-refractivity contribution in [1.29, 1.82) is 0 Å². The lowest BCUT2D eigenvalue weighted by Gasteiger charge is -2.04. The quantitative estimate of drug-likeness (QED) is 0.762. The second-order valence-electron chi connectivity index (χ2n) is 2.98. The Morgan fingerprint density at radius 2 is 2.24 bits per heavy atom. The van der Waals surface area contributed by atoms with Gasteiger partial charge in [0.15, 0.2) is 0 Å². The van der Waals surface area contributed by atoms with Gasteiger partial charge in [-0.3, -0.25) is 4.79 Å². The SMILES string of the molecule is C=CCNC(=O)CNS(=O)(=O)c1ccc(Br)s1. The summed E-state index contributed by atoms with van der Waals surface area (Å²) < 4.78 is 26.5. The number of sulfonamides is 1. The third kappa shape index (κ3) is 4.58. The van der Waals surface area contributed by atoms with Crippen molar-refractivity contribution in [3.05, 3.63) is 28.6 Å². The van der Waals surface area contributed by atoms with Crippen LogP contribution in [0.25, 0.3) is 0 Å². The summed E-state index contributed by atoms with van der Waals surface area (Å²) in [6.45, 7) is 3.46. The topological polar surface area (TPSA) is 75.3 Å². The Morgan fingerprint density at radius 3 is 2.76 bits per heavy atom. The molecule has 0 aliphatic rings. The normalized spacial score (nSPS) is 11.1. The third-order valence-electron chi connectivity index (χ3n) is 1.68. The first-order valence-corrected chi connectivity index (χ1v) is 7.67. The van der Waals surface area contributed by atoms with Gasteiger partial charge >= 0.3 is 0 Å². The lowest BCUT2D eigenvalue weighted by molar-refractivity contribution is -0.119. The molecule has 94 valence electrons. The molecule has 0 aromatic carbocycles. The molecule has 0 radical (unpaired) electrons. The number of rotatable bonds is 6. The molecule has 8 heteroatoms. The summed E-state index contributed by atoms with van der Waals surface area (Å²) >= 11 is 4.26. The highest BCUT2D eigenvalue weighted by Crippen LogP contribution is 2.25. The van der Waals surface area contributed by atoms with E-state index >= 15 is 0 Å². The molecular weight excluding hydrogens is 328 g/mol. The molecule has 0 unspecified atom stereocenters. The zero-order valence-electron chi connectivity index (χ0n) is 8.77. The summed E-state index contributed by atoms with van der Waals surface area (Å²) in [4.78, 5) is 11.2. The molecule has 2 N–H and O–H groups in total. The third-order valence-corrected chi connectivity index (χ3v) is 5.20. The molecule has 0 aliphatic heterocycles. The molecule has 0 atom stereocenters. The summed E-state index contributed by atoms with van der Waals surface area (Å²) in [5.74, 6) is -0.399. The van der Waals surface area contributed by atoms with E-state index in [-0.39, 0.29) is 10.8 Å². The first-order valence-electron chi connectivity index (χ1n) is 4.58. The van der Waals surface area contributed by atoms with Crippen LogP contribution in [0.4, 0.5) is 0 Å². The second-order valence-corrected chi connectivity index (χ2v) is 7.43. The first-order chi connectivity index (χ1) is 7.95. The van der Waals surface area contributed by atoms with Crippen molar-refractivity contribution in [2.45, 2.75) is 4.21 Å². The van der Waals surface area contributed by atoms with E-state index in [1.165, 1.54) is 12.1 Å². The van der Waals surface area contributed by atoms with Crippen LogP contribution in [-0.4, -0.2) is 27.4 Å². The molecule has 0 spiro atoms. The van der Waals surface area contributed by atoms with Crippen LogP contribution < -0.4 is 10.0 Å². The van der Waals surface area contributed by atoms with Gasteiger partial charge < -0.3 is 5.32 Å². The van der Waals surface area contributed by atoms with E-state index < -0.39 is 15.9 Å². The summed E-state index contributed by atoms with van der Waals surface area (Å²) in [5, 5.41) is 2.47. The number of amides is 1. The van der Waals surface area contributed by atoms with Crippen LogP contribution in [0.15, 0.2) is 32.8 Å². The fourth-order valence-electron chi connectivity index (χ4n) is 0.922.